The minimum absolute atomic E-state index is 0.0188. The molecule has 9 N–H and O–H groups in total. The first-order valence-corrected chi connectivity index (χ1v) is 53.1. The van der Waals surface area contributed by atoms with Crippen LogP contribution in [-0.2, 0) is 30.1 Å². The van der Waals surface area contributed by atoms with E-state index in [0.29, 0.717) is 76.0 Å². The van der Waals surface area contributed by atoms with Crippen LogP contribution in [0.2, 0.25) is 0 Å². The van der Waals surface area contributed by atoms with Gasteiger partial charge in [0, 0.05) is 112 Å². The Bertz CT molecular complexity index is 6010. The van der Waals surface area contributed by atoms with E-state index in [1.807, 2.05) is 56.2 Å². The third-order valence-electron chi connectivity index (χ3n) is 28.9. The number of sulfonamides is 3. The van der Waals surface area contributed by atoms with Crippen molar-refractivity contribution in [2.45, 2.75) is 226 Å². The Morgan fingerprint density at radius 3 is 0.871 bits per heavy atom. The summed E-state index contributed by atoms with van der Waals surface area (Å²) in [5, 5.41) is 70.9. The summed E-state index contributed by atoms with van der Waals surface area (Å²) in [7, 11) is -13.4. The number of anilines is 6. The summed E-state index contributed by atoms with van der Waals surface area (Å²) >= 11 is 0. The van der Waals surface area contributed by atoms with Crippen molar-refractivity contribution in [3.63, 3.8) is 0 Å². The number of nitrogens with one attached hydrogen (secondary N) is 3. The predicted octanol–water partition coefficient (Wildman–Crippen LogP) is 10.4. The molecule has 9 aromatic heterocycles. The van der Waals surface area contributed by atoms with Crippen LogP contribution in [0.1, 0.15) is 188 Å². The lowest BCUT2D eigenvalue weighted by atomic mass is 9.93. The number of β-amino-alcohol motifs (C(OH)–C–C–N with tert-alkyl or cyclic N) is 3. The van der Waals surface area contributed by atoms with Crippen molar-refractivity contribution < 1.29 is 124 Å². The molecule has 3 saturated carbocycles. The number of amides is 3. The average molecular weight is 2120 g/mol. The van der Waals surface area contributed by atoms with Crippen LogP contribution in [-0.4, -0.2) is 285 Å². The van der Waals surface area contributed by atoms with Gasteiger partial charge in [0.25, 0.3) is 47.8 Å². The molecule has 39 nitrogen and oxygen atoms in total. The standard InChI is InChI=1S/3C32H40F3N7O6S/c3*1-30(2)17-21-5-4-14-40(19-22(44)20-43)24-6-3-7-27(36-24)49(46,47)39-29(45)23-8-9-25(37-28(23)41(30)18-21)42-15-10-26(38-42)48-16-13-31(11-12-31)32(33,34)35/h3*3,6-10,15,21-22,43-44H,4-5,11-14,16-20H2,1-2H3,(H,39,45)/t21-,22?;21-,22+;21-,22-/m000/s1. The second-order valence-electron chi connectivity index (χ2n) is 41.1. The summed E-state index contributed by atoms with van der Waals surface area (Å²) in [6.45, 7) is 13.3. The molecule has 3 amide bonds. The number of pyridine rings is 6. The number of aromatic nitrogens is 12. The van der Waals surface area contributed by atoms with Crippen LogP contribution in [0.15, 0.2) is 143 Å². The maximum Gasteiger partial charge on any atom is 0.394 e. The highest BCUT2D eigenvalue weighted by atomic mass is 32.2. The molecular weight excluding hydrogens is 2000 g/mol. The second-order valence-corrected chi connectivity index (χ2v) is 46.0. The van der Waals surface area contributed by atoms with E-state index in [2.05, 4.69) is 44.4 Å². The Balaban J connectivity index is 0.000000158. The molecule has 9 aliphatic rings. The number of aliphatic hydroxyl groups excluding tert-OH is 6. The number of aliphatic hydroxyl groups is 6. The van der Waals surface area contributed by atoms with E-state index in [-0.39, 0.29) is 184 Å². The number of nitrogens with zero attached hydrogens (tertiary/aromatic N) is 18. The number of hydrogen-bond donors (Lipinski definition) is 9. The maximum atomic E-state index is 13.7. The summed E-state index contributed by atoms with van der Waals surface area (Å²) < 4.78 is 228. The molecule has 1 unspecified atom stereocenters. The van der Waals surface area contributed by atoms with Crippen LogP contribution >= 0.6 is 0 Å². The zero-order chi connectivity index (χ0) is 106. The first-order valence-electron chi connectivity index (χ1n) is 48.7. The lowest BCUT2D eigenvalue weighted by molar-refractivity contribution is -0.190. The van der Waals surface area contributed by atoms with E-state index >= 15 is 0 Å². The van der Waals surface area contributed by atoms with E-state index in [4.69, 9.17) is 29.2 Å². The predicted molar refractivity (Wildman–Crippen MR) is 516 cm³/mol. The van der Waals surface area contributed by atoms with Gasteiger partial charge in [-0.15, -0.1) is 15.3 Å². The van der Waals surface area contributed by atoms with Gasteiger partial charge >= 0.3 is 18.5 Å². The zero-order valence-corrected chi connectivity index (χ0v) is 84.1. The lowest BCUT2D eigenvalue weighted by Crippen LogP contribution is -2.41. The van der Waals surface area contributed by atoms with Crippen molar-refractivity contribution in [1.82, 2.24) is 73.4 Å². The van der Waals surface area contributed by atoms with Crippen LogP contribution in [0.3, 0.4) is 0 Å². The molecule has 6 atom stereocenters. The molecule has 12 bridgehead atoms. The molecule has 15 heterocycles. The summed E-state index contributed by atoms with van der Waals surface area (Å²) in [6.07, 6.45) is -4.67. The van der Waals surface area contributed by atoms with E-state index < -0.39 is 152 Å². The summed E-state index contributed by atoms with van der Waals surface area (Å²) in [5.41, 5.74) is -6.43. The van der Waals surface area contributed by atoms with Crippen LogP contribution < -0.4 is 57.8 Å². The van der Waals surface area contributed by atoms with Gasteiger partial charge < -0.3 is 74.2 Å². The van der Waals surface area contributed by atoms with Crippen molar-refractivity contribution in [3.8, 4) is 35.1 Å². The van der Waals surface area contributed by atoms with Gasteiger partial charge in [-0.1, -0.05) is 18.2 Å². The minimum atomic E-state index is -4.45. The van der Waals surface area contributed by atoms with Gasteiger partial charge in [0.2, 0.25) is 17.6 Å². The molecule has 0 aromatic carbocycles. The third-order valence-corrected chi connectivity index (χ3v) is 32.6. The van der Waals surface area contributed by atoms with Crippen molar-refractivity contribution in [2.24, 2.45) is 34.0 Å². The van der Waals surface area contributed by atoms with Crippen molar-refractivity contribution in [1.29, 1.82) is 0 Å². The topological polar surface area (TPSA) is 489 Å². The zero-order valence-electron chi connectivity index (χ0n) is 81.7. The van der Waals surface area contributed by atoms with E-state index in [9.17, 15) is 110 Å². The molecule has 18 rings (SSSR count). The number of ether oxygens (including phenoxy) is 3. The molecule has 3 saturated heterocycles. The number of rotatable bonds is 24. The van der Waals surface area contributed by atoms with Crippen LogP contribution in [0.4, 0.5) is 74.4 Å². The normalized spacial score (nSPS) is 22.0. The fourth-order valence-electron chi connectivity index (χ4n) is 20.2. The molecule has 147 heavy (non-hydrogen) atoms. The first kappa shape index (κ1) is 108. The fourth-order valence-corrected chi connectivity index (χ4v) is 23.0. The van der Waals surface area contributed by atoms with Gasteiger partial charge in [0.1, 0.15) is 34.9 Å². The molecule has 3 aliphatic carbocycles. The summed E-state index contributed by atoms with van der Waals surface area (Å²) in [4.78, 5) is 79.6. The van der Waals surface area contributed by atoms with Gasteiger partial charge in [0.15, 0.2) is 32.5 Å². The quantitative estimate of drug-likeness (QED) is 0.0254. The third kappa shape index (κ3) is 24.5. The average Bonchev–Trinajstić information content (AvgIpc) is 1.62. The van der Waals surface area contributed by atoms with Gasteiger partial charge in [-0.3, -0.25) is 14.4 Å². The van der Waals surface area contributed by atoms with E-state index in [1.54, 1.807) is 51.5 Å². The molecule has 798 valence electrons. The molecule has 0 spiro atoms. The lowest BCUT2D eigenvalue weighted by Gasteiger charge is -2.34. The maximum absolute atomic E-state index is 13.7. The van der Waals surface area contributed by atoms with Crippen molar-refractivity contribution >= 4 is 82.7 Å². The Labute approximate surface area is 842 Å². The molecule has 9 aromatic rings. The number of hydrogen-bond acceptors (Lipinski definition) is 33. The number of carbonyl (C=O) groups excluding carboxylic acids is 3. The monoisotopic (exact) mass is 2120 g/mol. The van der Waals surface area contributed by atoms with Crippen LogP contribution in [0.25, 0.3) is 17.5 Å². The number of fused-ring (bicyclic) bond motifs is 18. The second kappa shape index (κ2) is 42.3. The van der Waals surface area contributed by atoms with Crippen LogP contribution in [0, 0.1) is 34.0 Å². The Morgan fingerprint density at radius 2 is 0.633 bits per heavy atom. The Hall–Kier alpha value is -11.9. The molecular formula is C96H120F9N21O18S3. The number of alkyl halides is 9. The highest BCUT2D eigenvalue weighted by Gasteiger charge is 2.65. The highest BCUT2D eigenvalue weighted by Crippen LogP contribution is 2.62. The summed E-state index contributed by atoms with van der Waals surface area (Å²) in [6, 6.07) is 26.6. The number of halogens is 9. The largest absolute Gasteiger partial charge is 0.477 e. The Kier molecular flexibility index (Phi) is 31.0. The fraction of sp³-hybridized carbons (Fsp3) is 0.562. The minimum Gasteiger partial charge on any atom is -0.477 e. The van der Waals surface area contributed by atoms with Crippen LogP contribution in [0.5, 0.6) is 17.6 Å². The van der Waals surface area contributed by atoms with E-state index in [0.717, 1.165) is 38.5 Å². The molecule has 6 aliphatic heterocycles. The molecule has 0 radical (unpaired) electrons. The van der Waals surface area contributed by atoms with E-state index in [1.165, 1.54) is 105 Å². The van der Waals surface area contributed by atoms with Crippen molar-refractivity contribution in [2.75, 3.05) is 128 Å². The smallest absolute Gasteiger partial charge is 0.394 e. The SMILES string of the molecule is CC1(C)C[C@@H]2CCCN(CC(O)CO)c3cccc(n3)S(=O)(=O)NC(=O)c3ccc(-n4ccc(OCCC5(C(F)(F)F)CC5)n4)nc3N1C2.CC1(C)C[C@@H]2CCCN(C[C@@H](O)CO)c3cccc(n3)S(=O)(=O)NC(=O)c3ccc(-n4ccc(OCCC5(C(F)(F)F)CC5)n4)nc3N1C2.CC1(C)C[C@@H]2CCCN(C[C@H](O)CO)c3cccc(n3)S(=O)(=O)NC(=O)c3ccc(-n4ccc(OCCC5(C(F)(F)F)CC5)n4)nc3N1C2. The van der Waals surface area contributed by atoms with Gasteiger partial charge in [-0.2, -0.15) is 64.8 Å². The highest BCUT2D eigenvalue weighted by molar-refractivity contribution is 7.90. The molecule has 6 fully saturated rings. The number of carbonyl (C=O) groups is 3. The summed E-state index contributed by atoms with van der Waals surface area (Å²) in [5.74, 6) is 0.679. The molecule has 51 heteroatoms. The van der Waals surface area contributed by atoms with Crippen molar-refractivity contribution in [3.05, 3.63) is 144 Å². The van der Waals surface area contributed by atoms with Gasteiger partial charge in [-0.05, 0) is 248 Å². The van der Waals surface area contributed by atoms with Gasteiger partial charge in [-0.25, -0.2) is 58.1 Å². The van der Waals surface area contributed by atoms with Gasteiger partial charge in [0.05, 0.1) is 90.9 Å². The first-order chi connectivity index (χ1) is 69.3. The Morgan fingerprint density at radius 1 is 0.374 bits per heavy atom.